The van der Waals surface area contributed by atoms with E-state index in [1.54, 1.807) is 24.3 Å². The first-order chi connectivity index (χ1) is 8.28. The van der Waals surface area contributed by atoms with Crippen LogP contribution in [-0.4, -0.2) is 11.9 Å². The number of hydrogen-bond acceptors (Lipinski definition) is 4. The predicted molar refractivity (Wildman–Crippen MR) is 67.5 cm³/mol. The Bertz CT molecular complexity index is 443. The summed E-state index contributed by atoms with van der Waals surface area (Å²) in [5, 5.41) is 0. The first-order valence-corrected chi connectivity index (χ1v) is 5.76. The lowest BCUT2D eigenvalue weighted by atomic mass is 9.92. The minimum atomic E-state index is -0.450. The highest BCUT2D eigenvalue weighted by atomic mass is 16.6. The maximum atomic E-state index is 11.7. The largest absolute Gasteiger partial charge is 0.423 e. The van der Waals surface area contributed by atoms with E-state index in [1.165, 1.54) is 6.92 Å². The molecule has 0 saturated carbocycles. The smallest absolute Gasteiger partial charge is 0.311 e. The van der Waals surface area contributed by atoms with E-state index < -0.39 is 5.97 Å². The number of ether oxygens (including phenoxy) is 2. The minimum Gasteiger partial charge on any atom is -0.423 e. The van der Waals surface area contributed by atoms with Crippen molar-refractivity contribution in [3.05, 3.63) is 24.3 Å². The number of para-hydroxylation sites is 2. The summed E-state index contributed by atoms with van der Waals surface area (Å²) in [6.45, 7) is 7.15. The van der Waals surface area contributed by atoms with Crippen LogP contribution in [0, 0.1) is 5.41 Å². The van der Waals surface area contributed by atoms with Gasteiger partial charge in [-0.25, -0.2) is 0 Å². The molecule has 1 rings (SSSR count). The lowest BCUT2D eigenvalue weighted by molar-refractivity contribution is -0.137. The molecule has 1 aromatic carbocycles. The SMILES string of the molecule is CC(=O)Oc1ccccc1OC(=O)CC(C)(C)C. The zero-order valence-corrected chi connectivity index (χ0v) is 11.1. The summed E-state index contributed by atoms with van der Waals surface area (Å²) < 4.78 is 10.2. The molecule has 1 aromatic rings. The molecule has 0 atom stereocenters. The van der Waals surface area contributed by atoms with Crippen molar-refractivity contribution < 1.29 is 19.1 Å². The molecule has 0 unspecified atom stereocenters. The van der Waals surface area contributed by atoms with E-state index in [1.807, 2.05) is 20.8 Å². The zero-order valence-electron chi connectivity index (χ0n) is 11.1. The fourth-order valence-electron chi connectivity index (χ4n) is 1.37. The third-order valence-corrected chi connectivity index (χ3v) is 2.00. The lowest BCUT2D eigenvalue weighted by Crippen LogP contribution is -2.18. The van der Waals surface area contributed by atoms with Gasteiger partial charge in [-0.2, -0.15) is 0 Å². The molecule has 98 valence electrons. The Balaban J connectivity index is 2.78. The predicted octanol–water partition coefficient (Wildman–Crippen LogP) is 2.95. The first-order valence-electron chi connectivity index (χ1n) is 5.76. The van der Waals surface area contributed by atoms with Crippen LogP contribution in [-0.2, 0) is 9.59 Å². The quantitative estimate of drug-likeness (QED) is 0.611. The van der Waals surface area contributed by atoms with E-state index in [-0.39, 0.29) is 22.9 Å². The van der Waals surface area contributed by atoms with E-state index in [9.17, 15) is 9.59 Å². The van der Waals surface area contributed by atoms with Gasteiger partial charge in [-0.3, -0.25) is 9.59 Å². The molecule has 4 heteroatoms. The van der Waals surface area contributed by atoms with Crippen molar-refractivity contribution in [2.45, 2.75) is 34.1 Å². The maximum Gasteiger partial charge on any atom is 0.311 e. The fraction of sp³-hybridized carbons (Fsp3) is 0.429. The van der Waals surface area contributed by atoms with Gasteiger partial charge in [0.15, 0.2) is 11.5 Å². The molecule has 0 aliphatic heterocycles. The van der Waals surface area contributed by atoms with Crippen LogP contribution in [0.5, 0.6) is 11.5 Å². The van der Waals surface area contributed by atoms with Gasteiger partial charge in [-0.1, -0.05) is 32.9 Å². The Morgan fingerprint density at radius 3 is 2.00 bits per heavy atom. The number of carbonyl (C=O) groups is 2. The van der Waals surface area contributed by atoms with Crippen LogP contribution < -0.4 is 9.47 Å². The number of hydrogen-bond donors (Lipinski definition) is 0. The minimum absolute atomic E-state index is 0.145. The van der Waals surface area contributed by atoms with E-state index in [4.69, 9.17) is 9.47 Å². The Morgan fingerprint density at radius 2 is 1.56 bits per heavy atom. The second-order valence-corrected chi connectivity index (χ2v) is 5.25. The summed E-state index contributed by atoms with van der Waals surface area (Å²) in [4.78, 5) is 22.6. The molecule has 0 aromatic heterocycles. The molecule has 4 nitrogen and oxygen atoms in total. The maximum absolute atomic E-state index is 11.7. The highest BCUT2D eigenvalue weighted by Crippen LogP contribution is 2.28. The molecule has 0 aliphatic carbocycles. The van der Waals surface area contributed by atoms with Crippen molar-refractivity contribution in [3.63, 3.8) is 0 Å². The van der Waals surface area contributed by atoms with Crippen LogP contribution in [0.1, 0.15) is 34.1 Å². The third kappa shape index (κ3) is 4.99. The van der Waals surface area contributed by atoms with Gasteiger partial charge in [0.2, 0.25) is 0 Å². The number of benzene rings is 1. The molecule has 0 bridgehead atoms. The van der Waals surface area contributed by atoms with Crippen molar-refractivity contribution >= 4 is 11.9 Å². The third-order valence-electron chi connectivity index (χ3n) is 2.00. The van der Waals surface area contributed by atoms with Crippen LogP contribution in [0.15, 0.2) is 24.3 Å². The highest BCUT2D eigenvalue weighted by molar-refractivity contribution is 5.75. The topological polar surface area (TPSA) is 52.6 Å². The summed E-state index contributed by atoms with van der Waals surface area (Å²) >= 11 is 0. The second-order valence-electron chi connectivity index (χ2n) is 5.25. The van der Waals surface area contributed by atoms with Crippen LogP contribution in [0.4, 0.5) is 0 Å². The van der Waals surface area contributed by atoms with Crippen molar-refractivity contribution in [2.75, 3.05) is 0 Å². The standard InChI is InChI=1S/C14H18O4/c1-10(15)17-11-7-5-6-8-12(11)18-13(16)9-14(2,3)4/h5-8H,9H2,1-4H3. The highest BCUT2D eigenvalue weighted by Gasteiger charge is 2.19. The Hall–Kier alpha value is -1.84. The molecular formula is C14H18O4. The number of carbonyl (C=O) groups excluding carboxylic acids is 2. The van der Waals surface area contributed by atoms with Crippen molar-refractivity contribution in [3.8, 4) is 11.5 Å². The van der Waals surface area contributed by atoms with Gasteiger partial charge >= 0.3 is 11.9 Å². The molecule has 0 radical (unpaired) electrons. The Kier molecular flexibility index (Phi) is 4.48. The second kappa shape index (κ2) is 5.67. The van der Waals surface area contributed by atoms with Gasteiger partial charge in [-0.15, -0.1) is 0 Å². The lowest BCUT2D eigenvalue weighted by Gasteiger charge is -2.17. The summed E-state index contributed by atoms with van der Waals surface area (Å²) in [7, 11) is 0. The van der Waals surface area contributed by atoms with Gasteiger partial charge in [0, 0.05) is 6.92 Å². The first kappa shape index (κ1) is 14.2. The summed E-state index contributed by atoms with van der Waals surface area (Å²) in [5.41, 5.74) is -0.145. The van der Waals surface area contributed by atoms with Crippen molar-refractivity contribution in [1.82, 2.24) is 0 Å². The normalized spacial score (nSPS) is 10.9. The van der Waals surface area contributed by atoms with Gasteiger partial charge in [0.05, 0.1) is 6.42 Å². The van der Waals surface area contributed by atoms with Gasteiger partial charge < -0.3 is 9.47 Å². The monoisotopic (exact) mass is 250 g/mol. The van der Waals surface area contributed by atoms with E-state index in [2.05, 4.69) is 0 Å². The van der Waals surface area contributed by atoms with E-state index in [0.29, 0.717) is 6.42 Å². The van der Waals surface area contributed by atoms with Crippen molar-refractivity contribution in [1.29, 1.82) is 0 Å². The Labute approximate surface area is 107 Å². The van der Waals surface area contributed by atoms with Crippen molar-refractivity contribution in [2.24, 2.45) is 5.41 Å². The average molecular weight is 250 g/mol. The van der Waals surface area contributed by atoms with E-state index >= 15 is 0 Å². The molecule has 0 amide bonds. The Morgan fingerprint density at radius 1 is 1.06 bits per heavy atom. The summed E-state index contributed by atoms with van der Waals surface area (Å²) in [5.74, 6) is -0.273. The molecule has 0 heterocycles. The molecule has 0 fully saturated rings. The molecular weight excluding hydrogens is 232 g/mol. The summed E-state index contributed by atoms with van der Waals surface area (Å²) in [6, 6.07) is 6.60. The fourth-order valence-corrected chi connectivity index (χ4v) is 1.37. The van der Waals surface area contributed by atoms with Crippen LogP contribution in [0.2, 0.25) is 0 Å². The van der Waals surface area contributed by atoms with Gasteiger partial charge in [0.1, 0.15) is 0 Å². The molecule has 0 N–H and O–H groups in total. The van der Waals surface area contributed by atoms with Crippen LogP contribution in [0.25, 0.3) is 0 Å². The van der Waals surface area contributed by atoms with Crippen LogP contribution in [0.3, 0.4) is 0 Å². The molecule has 0 spiro atoms. The number of rotatable bonds is 3. The van der Waals surface area contributed by atoms with Crippen LogP contribution >= 0.6 is 0 Å². The van der Waals surface area contributed by atoms with Gasteiger partial charge in [0.25, 0.3) is 0 Å². The van der Waals surface area contributed by atoms with E-state index in [0.717, 1.165) is 0 Å². The average Bonchev–Trinajstić information content (AvgIpc) is 2.17. The molecule has 0 saturated heterocycles. The molecule has 18 heavy (non-hydrogen) atoms. The number of esters is 2. The summed E-state index contributed by atoms with van der Waals surface area (Å²) in [6.07, 6.45) is 0.293. The molecule has 0 aliphatic rings. The zero-order chi connectivity index (χ0) is 13.8. The van der Waals surface area contributed by atoms with Gasteiger partial charge in [-0.05, 0) is 17.5 Å².